The molecule has 2 aromatic rings. The Morgan fingerprint density at radius 1 is 1.12 bits per heavy atom. The van der Waals surface area contributed by atoms with E-state index < -0.39 is 0 Å². The Morgan fingerprint density at radius 3 is 2.75 bits per heavy atom. The third-order valence-electron chi connectivity index (χ3n) is 4.15. The van der Waals surface area contributed by atoms with Crippen molar-refractivity contribution in [3.05, 3.63) is 53.1 Å². The molecule has 2 amide bonds. The summed E-state index contributed by atoms with van der Waals surface area (Å²) in [6.45, 7) is 4.33. The average molecular weight is 323 g/mol. The summed E-state index contributed by atoms with van der Waals surface area (Å²) in [6.07, 6.45) is 1.92. The number of fused-ring (bicyclic) bond motifs is 1. The predicted octanol–water partition coefficient (Wildman–Crippen LogP) is 3.56. The fourth-order valence-corrected chi connectivity index (χ4v) is 2.95. The summed E-state index contributed by atoms with van der Waals surface area (Å²) in [6, 6.07) is 11.2. The smallest absolute Gasteiger partial charge is 0.256 e. The highest BCUT2D eigenvalue weighted by molar-refractivity contribution is 6.07. The zero-order valence-electron chi connectivity index (χ0n) is 13.9. The standard InChI is InChI=1S/C19H21N3O2/c1-12-8-9-14(21-13(2)23)11-18(12)22-19(24)16-5-3-7-17-15(16)6-4-10-20-17/h3,5,7-9,11,20H,4,6,10H2,1-2H3,(H,21,23)(H,22,24). The molecule has 0 radical (unpaired) electrons. The Morgan fingerprint density at radius 2 is 1.96 bits per heavy atom. The number of hydrogen-bond donors (Lipinski definition) is 3. The van der Waals surface area contributed by atoms with Gasteiger partial charge in [-0.25, -0.2) is 0 Å². The molecule has 5 nitrogen and oxygen atoms in total. The van der Waals surface area contributed by atoms with Crippen LogP contribution in [-0.2, 0) is 11.2 Å². The minimum atomic E-state index is -0.140. The van der Waals surface area contributed by atoms with E-state index in [9.17, 15) is 9.59 Å². The third kappa shape index (κ3) is 3.40. The first-order chi connectivity index (χ1) is 11.5. The summed E-state index contributed by atoms with van der Waals surface area (Å²) in [7, 11) is 0. The fourth-order valence-electron chi connectivity index (χ4n) is 2.95. The Kier molecular flexibility index (Phi) is 4.51. The van der Waals surface area contributed by atoms with Crippen molar-refractivity contribution in [2.24, 2.45) is 0 Å². The monoisotopic (exact) mass is 323 g/mol. The number of amides is 2. The highest BCUT2D eigenvalue weighted by Crippen LogP contribution is 2.27. The maximum atomic E-state index is 12.7. The van der Waals surface area contributed by atoms with Crippen molar-refractivity contribution in [3.8, 4) is 0 Å². The van der Waals surface area contributed by atoms with E-state index in [-0.39, 0.29) is 11.8 Å². The lowest BCUT2D eigenvalue weighted by atomic mass is 9.97. The number of carbonyl (C=O) groups is 2. The second-order valence-corrected chi connectivity index (χ2v) is 6.03. The van der Waals surface area contributed by atoms with Gasteiger partial charge in [0.25, 0.3) is 5.91 Å². The zero-order valence-corrected chi connectivity index (χ0v) is 13.9. The van der Waals surface area contributed by atoms with E-state index in [1.165, 1.54) is 6.92 Å². The molecule has 0 saturated carbocycles. The van der Waals surface area contributed by atoms with Crippen LogP contribution in [0.1, 0.15) is 34.8 Å². The van der Waals surface area contributed by atoms with Gasteiger partial charge >= 0.3 is 0 Å². The molecule has 0 fully saturated rings. The molecule has 3 rings (SSSR count). The van der Waals surface area contributed by atoms with Gasteiger partial charge in [-0.05, 0) is 55.2 Å². The van der Waals surface area contributed by atoms with Gasteiger partial charge < -0.3 is 16.0 Å². The molecule has 2 aromatic carbocycles. The van der Waals surface area contributed by atoms with Gasteiger partial charge in [-0.2, -0.15) is 0 Å². The molecule has 1 heterocycles. The van der Waals surface area contributed by atoms with E-state index in [1.54, 1.807) is 6.07 Å². The lowest BCUT2D eigenvalue weighted by Gasteiger charge is -2.21. The summed E-state index contributed by atoms with van der Waals surface area (Å²) >= 11 is 0. The second-order valence-electron chi connectivity index (χ2n) is 6.03. The van der Waals surface area contributed by atoms with Crippen molar-refractivity contribution in [2.75, 3.05) is 22.5 Å². The van der Waals surface area contributed by atoms with Gasteiger partial charge in [0.05, 0.1) is 0 Å². The quantitative estimate of drug-likeness (QED) is 0.809. The summed E-state index contributed by atoms with van der Waals surface area (Å²) in [5.74, 6) is -0.266. The molecule has 1 aliphatic rings. The predicted molar refractivity (Wildman–Crippen MR) is 96.7 cm³/mol. The first-order valence-electron chi connectivity index (χ1n) is 8.10. The SMILES string of the molecule is CC(=O)Nc1ccc(C)c(NC(=O)c2cccc3c2CCCN3)c1. The van der Waals surface area contributed by atoms with Crippen LogP contribution >= 0.6 is 0 Å². The van der Waals surface area contributed by atoms with Crippen LogP contribution in [0.3, 0.4) is 0 Å². The Hall–Kier alpha value is -2.82. The molecule has 0 saturated heterocycles. The number of anilines is 3. The summed E-state index contributed by atoms with van der Waals surface area (Å²) in [5, 5.41) is 9.04. The van der Waals surface area contributed by atoms with Crippen LogP contribution in [0.15, 0.2) is 36.4 Å². The van der Waals surface area contributed by atoms with Crippen LogP contribution in [-0.4, -0.2) is 18.4 Å². The van der Waals surface area contributed by atoms with E-state index in [2.05, 4.69) is 16.0 Å². The molecule has 24 heavy (non-hydrogen) atoms. The molecular formula is C19H21N3O2. The molecule has 124 valence electrons. The van der Waals surface area contributed by atoms with E-state index in [4.69, 9.17) is 0 Å². The lowest BCUT2D eigenvalue weighted by molar-refractivity contribution is -0.114. The summed E-state index contributed by atoms with van der Waals surface area (Å²) in [5.41, 5.74) is 5.12. The minimum Gasteiger partial charge on any atom is -0.385 e. The Labute approximate surface area is 141 Å². The largest absolute Gasteiger partial charge is 0.385 e. The van der Waals surface area contributed by atoms with E-state index in [0.29, 0.717) is 16.9 Å². The van der Waals surface area contributed by atoms with Gasteiger partial charge in [0.1, 0.15) is 0 Å². The van der Waals surface area contributed by atoms with E-state index in [0.717, 1.165) is 36.2 Å². The summed E-state index contributed by atoms with van der Waals surface area (Å²) < 4.78 is 0. The van der Waals surface area contributed by atoms with Crippen molar-refractivity contribution >= 4 is 28.9 Å². The fraction of sp³-hybridized carbons (Fsp3) is 0.263. The lowest BCUT2D eigenvalue weighted by Crippen LogP contribution is -2.19. The number of hydrogen-bond acceptors (Lipinski definition) is 3. The van der Waals surface area contributed by atoms with Gasteiger partial charge in [-0.3, -0.25) is 9.59 Å². The first-order valence-corrected chi connectivity index (χ1v) is 8.10. The van der Waals surface area contributed by atoms with Crippen LogP contribution in [0.5, 0.6) is 0 Å². The van der Waals surface area contributed by atoms with Crippen molar-refractivity contribution in [3.63, 3.8) is 0 Å². The van der Waals surface area contributed by atoms with Crippen LogP contribution in [0.25, 0.3) is 0 Å². The molecule has 5 heteroatoms. The molecule has 0 bridgehead atoms. The zero-order chi connectivity index (χ0) is 17.1. The van der Waals surface area contributed by atoms with Gasteiger partial charge in [-0.1, -0.05) is 12.1 Å². The number of nitrogens with one attached hydrogen (secondary N) is 3. The molecule has 0 aliphatic carbocycles. The van der Waals surface area contributed by atoms with E-state index in [1.807, 2.05) is 37.3 Å². The molecular weight excluding hydrogens is 302 g/mol. The number of aryl methyl sites for hydroxylation is 1. The maximum absolute atomic E-state index is 12.7. The van der Waals surface area contributed by atoms with Crippen molar-refractivity contribution in [1.82, 2.24) is 0 Å². The molecule has 0 unspecified atom stereocenters. The number of rotatable bonds is 3. The third-order valence-corrected chi connectivity index (χ3v) is 4.15. The number of benzene rings is 2. The Balaban J connectivity index is 1.86. The molecule has 3 N–H and O–H groups in total. The van der Waals surface area contributed by atoms with Gasteiger partial charge in [0.15, 0.2) is 0 Å². The molecule has 0 atom stereocenters. The highest BCUT2D eigenvalue weighted by Gasteiger charge is 2.18. The van der Waals surface area contributed by atoms with Crippen LogP contribution in [0, 0.1) is 6.92 Å². The molecule has 0 spiro atoms. The maximum Gasteiger partial charge on any atom is 0.256 e. The van der Waals surface area contributed by atoms with E-state index >= 15 is 0 Å². The Bertz CT molecular complexity index is 799. The summed E-state index contributed by atoms with van der Waals surface area (Å²) in [4.78, 5) is 24.0. The average Bonchev–Trinajstić information content (AvgIpc) is 2.57. The van der Waals surface area contributed by atoms with Crippen LogP contribution in [0.2, 0.25) is 0 Å². The van der Waals surface area contributed by atoms with Crippen molar-refractivity contribution in [1.29, 1.82) is 0 Å². The molecule has 1 aliphatic heterocycles. The topological polar surface area (TPSA) is 70.2 Å². The first kappa shape index (κ1) is 16.1. The van der Waals surface area contributed by atoms with Crippen molar-refractivity contribution in [2.45, 2.75) is 26.7 Å². The molecule has 0 aromatic heterocycles. The van der Waals surface area contributed by atoms with Crippen LogP contribution < -0.4 is 16.0 Å². The van der Waals surface area contributed by atoms with Gasteiger partial charge in [0, 0.05) is 36.1 Å². The minimum absolute atomic E-state index is 0.126. The second kappa shape index (κ2) is 6.74. The van der Waals surface area contributed by atoms with Gasteiger partial charge in [0.2, 0.25) is 5.91 Å². The van der Waals surface area contributed by atoms with Gasteiger partial charge in [-0.15, -0.1) is 0 Å². The highest BCUT2D eigenvalue weighted by atomic mass is 16.2. The van der Waals surface area contributed by atoms with Crippen molar-refractivity contribution < 1.29 is 9.59 Å². The number of carbonyl (C=O) groups excluding carboxylic acids is 2. The van der Waals surface area contributed by atoms with Crippen LogP contribution in [0.4, 0.5) is 17.1 Å². The normalized spacial score (nSPS) is 12.8.